The monoisotopic (exact) mass is 244 g/mol. The highest BCUT2D eigenvalue weighted by atomic mass is 15.3. The van der Waals surface area contributed by atoms with E-state index in [2.05, 4.69) is 33.8 Å². The Kier molecular flexibility index (Phi) is 2.82. The molecule has 4 nitrogen and oxygen atoms in total. The summed E-state index contributed by atoms with van der Waals surface area (Å²) in [6, 6.07) is 6.57. The van der Waals surface area contributed by atoms with E-state index in [1.807, 2.05) is 24.4 Å². The van der Waals surface area contributed by atoms with E-state index in [-0.39, 0.29) is 0 Å². The van der Waals surface area contributed by atoms with E-state index < -0.39 is 0 Å². The molecule has 1 aliphatic rings. The molecule has 18 heavy (non-hydrogen) atoms. The Morgan fingerprint density at radius 3 is 3.06 bits per heavy atom. The van der Waals surface area contributed by atoms with Crippen molar-refractivity contribution in [2.45, 2.75) is 45.7 Å². The number of nitrogens with one attached hydrogen (secondary N) is 1. The first kappa shape index (κ1) is 11.7. The molecule has 1 unspecified atom stereocenters. The summed E-state index contributed by atoms with van der Waals surface area (Å²) >= 11 is 0. The Morgan fingerprint density at radius 1 is 1.39 bits per heavy atom. The van der Waals surface area contributed by atoms with Crippen LogP contribution in [0.3, 0.4) is 0 Å². The molecule has 0 spiro atoms. The third-order valence-corrected chi connectivity index (χ3v) is 4.15. The molecule has 0 aliphatic heterocycles. The summed E-state index contributed by atoms with van der Waals surface area (Å²) in [5.74, 6) is 0.994. The zero-order chi connectivity index (χ0) is 12.6. The summed E-state index contributed by atoms with van der Waals surface area (Å²) in [6.07, 6.45) is 5.92. The fourth-order valence-corrected chi connectivity index (χ4v) is 2.93. The number of fused-ring (bicyclic) bond motifs is 1. The second-order valence-corrected chi connectivity index (χ2v) is 5.86. The van der Waals surface area contributed by atoms with E-state index in [0.717, 1.165) is 18.0 Å². The van der Waals surface area contributed by atoms with Crippen LogP contribution in [-0.2, 0) is 6.54 Å². The minimum Gasteiger partial charge on any atom is -0.306 e. The van der Waals surface area contributed by atoms with E-state index in [1.54, 1.807) is 0 Å². The van der Waals surface area contributed by atoms with Gasteiger partial charge < -0.3 is 5.32 Å². The van der Waals surface area contributed by atoms with Crippen molar-refractivity contribution in [1.82, 2.24) is 19.9 Å². The Hall–Kier alpha value is -1.42. The SMILES string of the molecule is CC1(C)CCCC1NCc1nnc2ccccn12. The van der Waals surface area contributed by atoms with Crippen LogP contribution in [0.1, 0.15) is 38.9 Å². The predicted molar refractivity (Wildman–Crippen MR) is 71.2 cm³/mol. The topological polar surface area (TPSA) is 42.2 Å². The van der Waals surface area contributed by atoms with Gasteiger partial charge in [0.25, 0.3) is 0 Å². The average Bonchev–Trinajstić information content (AvgIpc) is 2.90. The molecule has 0 radical (unpaired) electrons. The molecule has 1 N–H and O–H groups in total. The molecule has 2 aromatic rings. The van der Waals surface area contributed by atoms with Crippen molar-refractivity contribution in [3.8, 4) is 0 Å². The van der Waals surface area contributed by atoms with Crippen LogP contribution < -0.4 is 5.32 Å². The van der Waals surface area contributed by atoms with Crippen LogP contribution in [0.25, 0.3) is 5.65 Å². The van der Waals surface area contributed by atoms with Crippen molar-refractivity contribution in [2.24, 2.45) is 5.41 Å². The summed E-state index contributed by atoms with van der Waals surface area (Å²) in [4.78, 5) is 0. The quantitative estimate of drug-likeness (QED) is 0.901. The number of hydrogen-bond donors (Lipinski definition) is 1. The molecule has 0 saturated heterocycles. The Bertz CT molecular complexity index is 543. The molecule has 1 aliphatic carbocycles. The first-order valence-electron chi connectivity index (χ1n) is 6.69. The average molecular weight is 244 g/mol. The van der Waals surface area contributed by atoms with Gasteiger partial charge in [-0.05, 0) is 30.4 Å². The van der Waals surface area contributed by atoms with Gasteiger partial charge in [0.2, 0.25) is 0 Å². The molecule has 2 heterocycles. The third-order valence-electron chi connectivity index (χ3n) is 4.15. The van der Waals surface area contributed by atoms with Crippen LogP contribution in [0, 0.1) is 5.41 Å². The molecule has 0 aromatic carbocycles. The first-order chi connectivity index (χ1) is 8.67. The van der Waals surface area contributed by atoms with Gasteiger partial charge in [-0.1, -0.05) is 26.3 Å². The summed E-state index contributed by atoms with van der Waals surface area (Å²) in [6.45, 7) is 5.48. The van der Waals surface area contributed by atoms with Crippen LogP contribution in [0.5, 0.6) is 0 Å². The van der Waals surface area contributed by atoms with Gasteiger partial charge >= 0.3 is 0 Å². The highest BCUT2D eigenvalue weighted by molar-refractivity contribution is 5.36. The molecule has 0 bridgehead atoms. The lowest BCUT2D eigenvalue weighted by Gasteiger charge is -2.27. The highest BCUT2D eigenvalue weighted by Crippen LogP contribution is 2.37. The van der Waals surface area contributed by atoms with Crippen LogP contribution in [0.4, 0.5) is 0 Å². The minimum absolute atomic E-state index is 0.403. The lowest BCUT2D eigenvalue weighted by atomic mass is 9.87. The molecule has 96 valence electrons. The fraction of sp³-hybridized carbons (Fsp3) is 0.571. The lowest BCUT2D eigenvalue weighted by molar-refractivity contribution is 0.280. The molecule has 1 atom stereocenters. The zero-order valence-electron chi connectivity index (χ0n) is 11.1. The van der Waals surface area contributed by atoms with Crippen molar-refractivity contribution in [2.75, 3.05) is 0 Å². The predicted octanol–water partition coefficient (Wildman–Crippen LogP) is 2.40. The summed E-state index contributed by atoms with van der Waals surface area (Å²) < 4.78 is 2.05. The number of rotatable bonds is 3. The summed E-state index contributed by atoms with van der Waals surface area (Å²) in [5.41, 5.74) is 1.32. The maximum absolute atomic E-state index is 4.25. The second-order valence-electron chi connectivity index (χ2n) is 5.86. The van der Waals surface area contributed by atoms with E-state index in [4.69, 9.17) is 0 Å². The van der Waals surface area contributed by atoms with Crippen molar-refractivity contribution in [3.05, 3.63) is 30.2 Å². The van der Waals surface area contributed by atoms with Gasteiger partial charge in [-0.25, -0.2) is 0 Å². The van der Waals surface area contributed by atoms with Gasteiger partial charge in [-0.15, -0.1) is 10.2 Å². The van der Waals surface area contributed by atoms with Crippen LogP contribution >= 0.6 is 0 Å². The zero-order valence-corrected chi connectivity index (χ0v) is 11.1. The molecule has 3 rings (SSSR count). The van der Waals surface area contributed by atoms with Crippen LogP contribution in [0.2, 0.25) is 0 Å². The first-order valence-corrected chi connectivity index (χ1v) is 6.69. The van der Waals surface area contributed by atoms with Gasteiger partial charge in [0, 0.05) is 12.2 Å². The van der Waals surface area contributed by atoms with Gasteiger partial charge in [0.15, 0.2) is 11.5 Å². The minimum atomic E-state index is 0.403. The standard InChI is InChI=1S/C14H20N4/c1-14(2)8-5-6-11(14)15-10-13-17-16-12-7-3-4-9-18(12)13/h3-4,7,9,11,15H,5-6,8,10H2,1-2H3. The molecule has 1 saturated carbocycles. The van der Waals surface area contributed by atoms with Gasteiger partial charge in [-0.3, -0.25) is 4.40 Å². The van der Waals surface area contributed by atoms with Gasteiger partial charge in [0.1, 0.15) is 0 Å². The fourth-order valence-electron chi connectivity index (χ4n) is 2.93. The second kappa shape index (κ2) is 4.35. The van der Waals surface area contributed by atoms with Crippen molar-refractivity contribution in [3.63, 3.8) is 0 Å². The molecule has 4 heteroatoms. The largest absolute Gasteiger partial charge is 0.306 e. The Labute approximate surface area is 107 Å². The van der Waals surface area contributed by atoms with Crippen LogP contribution in [0.15, 0.2) is 24.4 Å². The van der Waals surface area contributed by atoms with E-state index in [9.17, 15) is 0 Å². The number of aromatic nitrogens is 3. The van der Waals surface area contributed by atoms with E-state index in [1.165, 1.54) is 19.3 Å². The number of pyridine rings is 1. The van der Waals surface area contributed by atoms with Crippen molar-refractivity contribution < 1.29 is 0 Å². The normalized spacial score (nSPS) is 22.7. The Morgan fingerprint density at radius 2 is 2.28 bits per heavy atom. The summed E-state index contributed by atoms with van der Waals surface area (Å²) in [7, 11) is 0. The van der Waals surface area contributed by atoms with Crippen molar-refractivity contribution in [1.29, 1.82) is 0 Å². The smallest absolute Gasteiger partial charge is 0.160 e. The van der Waals surface area contributed by atoms with Gasteiger partial charge in [-0.2, -0.15) is 0 Å². The number of nitrogens with zero attached hydrogens (tertiary/aromatic N) is 3. The third kappa shape index (κ3) is 2.01. The Balaban J connectivity index is 1.74. The molecule has 1 fully saturated rings. The molecule has 0 amide bonds. The van der Waals surface area contributed by atoms with E-state index >= 15 is 0 Å². The summed E-state index contributed by atoms with van der Waals surface area (Å²) in [5, 5.41) is 12.1. The maximum Gasteiger partial charge on any atom is 0.160 e. The lowest BCUT2D eigenvalue weighted by Crippen LogP contribution is -2.37. The highest BCUT2D eigenvalue weighted by Gasteiger charge is 2.33. The molecular weight excluding hydrogens is 224 g/mol. The number of hydrogen-bond acceptors (Lipinski definition) is 3. The van der Waals surface area contributed by atoms with E-state index in [0.29, 0.717) is 11.5 Å². The maximum atomic E-state index is 4.25. The molecule has 2 aromatic heterocycles. The molecular formula is C14H20N4. The van der Waals surface area contributed by atoms with Crippen molar-refractivity contribution >= 4 is 5.65 Å². The van der Waals surface area contributed by atoms with Gasteiger partial charge in [0.05, 0.1) is 6.54 Å². The van der Waals surface area contributed by atoms with Crippen LogP contribution in [-0.4, -0.2) is 20.6 Å².